The molecule has 130 valence electrons. The quantitative estimate of drug-likeness (QED) is 0.917. The molecule has 1 aliphatic carbocycles. The summed E-state index contributed by atoms with van der Waals surface area (Å²) in [7, 11) is 3.52. The molecule has 5 nitrogen and oxygen atoms in total. The van der Waals surface area contributed by atoms with Gasteiger partial charge in [-0.1, -0.05) is 0 Å². The number of amides is 2. The van der Waals surface area contributed by atoms with Crippen LogP contribution in [0.1, 0.15) is 36.0 Å². The van der Waals surface area contributed by atoms with Crippen molar-refractivity contribution in [2.24, 2.45) is 5.92 Å². The van der Waals surface area contributed by atoms with Crippen LogP contribution < -0.4 is 10.2 Å². The summed E-state index contributed by atoms with van der Waals surface area (Å²) in [6, 6.07) is 4.95. The number of halogens is 1. The van der Waals surface area contributed by atoms with Crippen LogP contribution in [-0.2, 0) is 4.79 Å². The van der Waals surface area contributed by atoms with Crippen molar-refractivity contribution in [1.29, 1.82) is 0 Å². The van der Waals surface area contributed by atoms with Crippen LogP contribution in [0.3, 0.4) is 0 Å². The van der Waals surface area contributed by atoms with Gasteiger partial charge in [0.15, 0.2) is 0 Å². The van der Waals surface area contributed by atoms with Crippen molar-refractivity contribution in [2.75, 3.05) is 32.1 Å². The molecule has 1 aromatic carbocycles. The highest BCUT2D eigenvalue weighted by atomic mass is 19.1. The average molecular weight is 333 g/mol. The first-order valence-corrected chi connectivity index (χ1v) is 8.52. The van der Waals surface area contributed by atoms with E-state index in [0.717, 1.165) is 12.8 Å². The lowest BCUT2D eigenvalue weighted by molar-refractivity contribution is -0.126. The summed E-state index contributed by atoms with van der Waals surface area (Å²) >= 11 is 0. The number of piperidine rings is 1. The lowest BCUT2D eigenvalue weighted by Gasteiger charge is -2.31. The molecule has 1 saturated carbocycles. The number of benzene rings is 1. The Bertz CT molecular complexity index is 635. The van der Waals surface area contributed by atoms with Crippen LogP contribution in [0.25, 0.3) is 0 Å². The smallest absolute Gasteiger partial charge is 0.253 e. The van der Waals surface area contributed by atoms with E-state index in [1.54, 1.807) is 36.0 Å². The van der Waals surface area contributed by atoms with Gasteiger partial charge in [-0.2, -0.15) is 0 Å². The predicted octanol–water partition coefficient (Wildman–Crippen LogP) is 2.02. The number of hydrogen-bond donors (Lipinski definition) is 1. The maximum absolute atomic E-state index is 14.1. The summed E-state index contributed by atoms with van der Waals surface area (Å²) in [6.45, 7) is 1.08. The number of nitrogens with one attached hydrogen (secondary N) is 1. The zero-order chi connectivity index (χ0) is 17.3. The molecule has 2 aliphatic rings. The Morgan fingerprint density at radius 2 is 1.83 bits per heavy atom. The summed E-state index contributed by atoms with van der Waals surface area (Å²) < 4.78 is 14.1. The Hall–Kier alpha value is -2.11. The van der Waals surface area contributed by atoms with Crippen molar-refractivity contribution < 1.29 is 14.0 Å². The molecule has 0 atom stereocenters. The first-order valence-electron chi connectivity index (χ1n) is 8.52. The molecule has 0 bridgehead atoms. The highest BCUT2D eigenvalue weighted by Gasteiger charge is 2.31. The van der Waals surface area contributed by atoms with Crippen LogP contribution in [0.15, 0.2) is 18.2 Å². The number of carbonyl (C=O) groups excluding carboxylic acids is 2. The van der Waals surface area contributed by atoms with Crippen LogP contribution in [0.5, 0.6) is 0 Å². The summed E-state index contributed by atoms with van der Waals surface area (Å²) in [5, 5.41) is 3.03. The number of rotatable bonds is 4. The standard InChI is InChI=1S/C18H24FN3O2/c1-21(2)16-6-3-13(11-15(16)19)18(24)22-9-7-12(8-10-22)17(23)20-14-4-5-14/h3,6,11-12,14H,4-5,7-10H2,1-2H3,(H,20,23). The van der Waals surface area contributed by atoms with Crippen LogP contribution in [-0.4, -0.2) is 49.9 Å². The molecule has 0 unspecified atom stereocenters. The van der Waals surface area contributed by atoms with E-state index < -0.39 is 5.82 Å². The number of anilines is 1. The molecule has 0 spiro atoms. The molecule has 0 aromatic heterocycles. The maximum Gasteiger partial charge on any atom is 0.253 e. The number of hydrogen-bond acceptors (Lipinski definition) is 3. The van der Waals surface area contributed by atoms with Gasteiger partial charge < -0.3 is 15.1 Å². The van der Waals surface area contributed by atoms with Crippen LogP contribution in [0.2, 0.25) is 0 Å². The second-order valence-corrected chi connectivity index (χ2v) is 6.91. The molecular formula is C18H24FN3O2. The fourth-order valence-corrected chi connectivity index (χ4v) is 3.08. The van der Waals surface area contributed by atoms with Crippen LogP contribution in [0, 0.1) is 11.7 Å². The Morgan fingerprint density at radius 3 is 2.38 bits per heavy atom. The van der Waals surface area contributed by atoms with E-state index in [2.05, 4.69) is 5.32 Å². The fourth-order valence-electron chi connectivity index (χ4n) is 3.08. The maximum atomic E-state index is 14.1. The molecule has 6 heteroatoms. The van der Waals surface area contributed by atoms with Gasteiger partial charge in [0.25, 0.3) is 5.91 Å². The molecule has 1 aliphatic heterocycles. The summed E-state index contributed by atoms with van der Waals surface area (Å²) in [4.78, 5) is 28.0. The summed E-state index contributed by atoms with van der Waals surface area (Å²) in [5.41, 5.74) is 0.820. The van der Waals surface area contributed by atoms with Gasteiger partial charge in [0.05, 0.1) is 5.69 Å². The first kappa shape index (κ1) is 16.7. The van der Waals surface area contributed by atoms with E-state index >= 15 is 0 Å². The van der Waals surface area contributed by atoms with Crippen molar-refractivity contribution in [3.05, 3.63) is 29.6 Å². The molecule has 2 fully saturated rings. The van der Waals surface area contributed by atoms with E-state index in [1.165, 1.54) is 6.07 Å². The first-order chi connectivity index (χ1) is 11.5. The highest BCUT2D eigenvalue weighted by molar-refractivity contribution is 5.94. The van der Waals surface area contributed by atoms with E-state index in [1.807, 2.05) is 0 Å². The van der Waals surface area contributed by atoms with Crippen LogP contribution in [0.4, 0.5) is 10.1 Å². The van der Waals surface area contributed by atoms with Gasteiger partial charge in [-0.05, 0) is 43.9 Å². The summed E-state index contributed by atoms with van der Waals surface area (Å²) in [5.74, 6) is -0.460. The number of nitrogens with zero attached hydrogens (tertiary/aromatic N) is 2. The fraction of sp³-hybridized carbons (Fsp3) is 0.556. The van der Waals surface area contributed by atoms with Crippen molar-refractivity contribution in [3.63, 3.8) is 0 Å². The third kappa shape index (κ3) is 3.68. The molecule has 1 aromatic rings. The number of likely N-dealkylation sites (tertiary alicyclic amines) is 1. The van der Waals surface area contributed by atoms with Crippen molar-refractivity contribution in [1.82, 2.24) is 10.2 Å². The third-order valence-corrected chi connectivity index (χ3v) is 4.75. The SMILES string of the molecule is CN(C)c1ccc(C(=O)N2CCC(C(=O)NC3CC3)CC2)cc1F. The minimum absolute atomic E-state index is 0.0116. The van der Waals surface area contributed by atoms with E-state index in [9.17, 15) is 14.0 Å². The Balaban J connectivity index is 1.58. The van der Waals surface area contributed by atoms with Crippen molar-refractivity contribution in [3.8, 4) is 0 Å². The predicted molar refractivity (Wildman–Crippen MR) is 90.5 cm³/mol. The molecule has 2 amide bonds. The Kier molecular flexibility index (Phi) is 4.73. The van der Waals surface area contributed by atoms with Gasteiger partial charge in [-0.15, -0.1) is 0 Å². The molecule has 1 N–H and O–H groups in total. The van der Waals surface area contributed by atoms with Crippen molar-refractivity contribution >= 4 is 17.5 Å². The third-order valence-electron chi connectivity index (χ3n) is 4.75. The van der Waals surface area contributed by atoms with E-state index in [4.69, 9.17) is 0 Å². The van der Waals surface area contributed by atoms with Gasteiger partial charge in [-0.3, -0.25) is 9.59 Å². The van der Waals surface area contributed by atoms with E-state index in [0.29, 0.717) is 43.2 Å². The molecule has 24 heavy (non-hydrogen) atoms. The molecule has 1 heterocycles. The average Bonchev–Trinajstić information content (AvgIpc) is 3.37. The minimum atomic E-state index is -0.399. The molecule has 0 radical (unpaired) electrons. The Labute approximate surface area is 141 Å². The van der Waals surface area contributed by atoms with Gasteiger partial charge in [0.1, 0.15) is 5.82 Å². The van der Waals surface area contributed by atoms with Gasteiger partial charge in [0.2, 0.25) is 5.91 Å². The van der Waals surface area contributed by atoms with Gasteiger partial charge in [-0.25, -0.2) is 4.39 Å². The van der Waals surface area contributed by atoms with Crippen molar-refractivity contribution in [2.45, 2.75) is 31.7 Å². The second-order valence-electron chi connectivity index (χ2n) is 6.91. The normalized spacial score (nSPS) is 18.4. The Morgan fingerprint density at radius 1 is 1.17 bits per heavy atom. The summed E-state index contributed by atoms with van der Waals surface area (Å²) in [6.07, 6.45) is 3.50. The lowest BCUT2D eigenvalue weighted by atomic mass is 9.95. The lowest BCUT2D eigenvalue weighted by Crippen LogP contribution is -2.43. The monoisotopic (exact) mass is 333 g/mol. The molecule has 1 saturated heterocycles. The largest absolute Gasteiger partial charge is 0.375 e. The minimum Gasteiger partial charge on any atom is -0.375 e. The molecular weight excluding hydrogens is 309 g/mol. The van der Waals surface area contributed by atoms with E-state index in [-0.39, 0.29) is 17.7 Å². The van der Waals surface area contributed by atoms with Crippen LogP contribution >= 0.6 is 0 Å². The van der Waals surface area contributed by atoms with Gasteiger partial charge in [0, 0.05) is 44.7 Å². The highest BCUT2D eigenvalue weighted by Crippen LogP contribution is 2.24. The topological polar surface area (TPSA) is 52.7 Å². The zero-order valence-corrected chi connectivity index (χ0v) is 14.2. The van der Waals surface area contributed by atoms with Gasteiger partial charge >= 0.3 is 0 Å². The number of carbonyl (C=O) groups is 2. The zero-order valence-electron chi connectivity index (χ0n) is 14.2. The molecule has 3 rings (SSSR count). The second kappa shape index (κ2) is 6.79.